The molecule has 1 aromatic carbocycles. The van der Waals surface area contributed by atoms with E-state index in [1.807, 2.05) is 45.0 Å². The van der Waals surface area contributed by atoms with Gasteiger partial charge in [-0.05, 0) is 32.4 Å². The van der Waals surface area contributed by atoms with Crippen molar-refractivity contribution < 1.29 is 9.21 Å². The van der Waals surface area contributed by atoms with Crippen LogP contribution in [-0.2, 0) is 4.79 Å². The summed E-state index contributed by atoms with van der Waals surface area (Å²) >= 11 is 0. The molecule has 0 atom stereocenters. The van der Waals surface area contributed by atoms with Gasteiger partial charge in [0, 0.05) is 30.1 Å². The summed E-state index contributed by atoms with van der Waals surface area (Å²) in [5, 5.41) is 1.06. The summed E-state index contributed by atoms with van der Waals surface area (Å²) < 4.78 is 5.50. The predicted molar refractivity (Wildman–Crippen MR) is 77.8 cm³/mol. The first-order valence-electron chi connectivity index (χ1n) is 6.61. The van der Waals surface area contributed by atoms with E-state index < -0.39 is 0 Å². The third kappa shape index (κ3) is 2.70. The number of hydrogen-bond acceptors (Lipinski definition) is 2. The highest BCUT2D eigenvalue weighted by Crippen LogP contribution is 2.25. The average molecular weight is 257 g/mol. The molecule has 3 nitrogen and oxygen atoms in total. The van der Waals surface area contributed by atoms with Crippen LogP contribution in [0.1, 0.15) is 26.3 Å². The van der Waals surface area contributed by atoms with E-state index in [9.17, 15) is 4.79 Å². The summed E-state index contributed by atoms with van der Waals surface area (Å²) in [5.74, 6) is 0.0473. The Balaban J connectivity index is 2.36. The molecule has 0 aliphatic heterocycles. The largest absolute Gasteiger partial charge is 0.464 e. The highest BCUT2D eigenvalue weighted by molar-refractivity contribution is 5.98. The van der Waals surface area contributed by atoms with Crippen LogP contribution in [-0.4, -0.2) is 23.9 Å². The van der Waals surface area contributed by atoms with Gasteiger partial charge in [0.2, 0.25) is 5.91 Å². The lowest BCUT2D eigenvalue weighted by Gasteiger charge is -2.16. The van der Waals surface area contributed by atoms with Crippen molar-refractivity contribution in [3.8, 4) is 0 Å². The summed E-state index contributed by atoms with van der Waals surface area (Å²) in [6.45, 7) is 7.36. The number of furan rings is 1. The second-order valence-electron chi connectivity index (χ2n) is 4.48. The normalized spacial score (nSPS) is 11.8. The Kier molecular flexibility index (Phi) is 4.05. The van der Waals surface area contributed by atoms with Gasteiger partial charge in [0.05, 0.1) is 6.26 Å². The van der Waals surface area contributed by atoms with E-state index >= 15 is 0 Å². The topological polar surface area (TPSA) is 33.5 Å². The average Bonchev–Trinajstić information content (AvgIpc) is 2.87. The molecule has 0 N–H and O–H groups in total. The van der Waals surface area contributed by atoms with Crippen LogP contribution in [0.2, 0.25) is 0 Å². The molecule has 1 aromatic heterocycles. The van der Waals surface area contributed by atoms with Crippen LogP contribution in [0.15, 0.2) is 41.0 Å². The van der Waals surface area contributed by atoms with Crippen LogP contribution in [0.3, 0.4) is 0 Å². The second kappa shape index (κ2) is 5.74. The Bertz CT molecular complexity index is 606. The Morgan fingerprint density at radius 3 is 2.68 bits per heavy atom. The van der Waals surface area contributed by atoms with Crippen molar-refractivity contribution in [1.29, 1.82) is 0 Å². The fourth-order valence-electron chi connectivity index (χ4n) is 2.19. The first-order chi connectivity index (χ1) is 9.17. The first kappa shape index (κ1) is 13.4. The predicted octanol–water partition coefficient (Wildman–Crippen LogP) is 3.70. The molecule has 100 valence electrons. The number of benzene rings is 1. The summed E-state index contributed by atoms with van der Waals surface area (Å²) in [7, 11) is 0. The van der Waals surface area contributed by atoms with Gasteiger partial charge in [-0.3, -0.25) is 4.79 Å². The molecule has 0 unspecified atom stereocenters. The molecule has 0 saturated heterocycles. The van der Waals surface area contributed by atoms with Crippen LogP contribution >= 0.6 is 0 Å². The zero-order valence-corrected chi connectivity index (χ0v) is 11.6. The number of allylic oxidation sites excluding steroid dienone is 1. The number of carbonyl (C=O) groups is 1. The fourth-order valence-corrected chi connectivity index (χ4v) is 2.19. The van der Waals surface area contributed by atoms with Crippen LogP contribution in [0.4, 0.5) is 0 Å². The lowest BCUT2D eigenvalue weighted by atomic mass is 10.0. The highest BCUT2D eigenvalue weighted by Gasteiger charge is 2.10. The van der Waals surface area contributed by atoms with Crippen molar-refractivity contribution in [3.63, 3.8) is 0 Å². The molecule has 1 amide bonds. The summed E-state index contributed by atoms with van der Waals surface area (Å²) in [6.07, 6.45) is 3.36. The van der Waals surface area contributed by atoms with Gasteiger partial charge in [0.15, 0.2) is 0 Å². The third-order valence-electron chi connectivity index (χ3n) is 3.32. The minimum absolute atomic E-state index is 0.0473. The van der Waals surface area contributed by atoms with E-state index in [2.05, 4.69) is 0 Å². The zero-order valence-electron chi connectivity index (χ0n) is 11.6. The van der Waals surface area contributed by atoms with Gasteiger partial charge < -0.3 is 9.32 Å². The van der Waals surface area contributed by atoms with Gasteiger partial charge in [0.25, 0.3) is 0 Å². The Hall–Kier alpha value is -2.03. The maximum atomic E-state index is 12.1. The Labute approximate surface area is 113 Å². The number of rotatable bonds is 4. The number of para-hydroxylation sites is 1. The van der Waals surface area contributed by atoms with Crippen LogP contribution < -0.4 is 0 Å². The molecule has 0 aliphatic rings. The Morgan fingerprint density at radius 2 is 2.00 bits per heavy atom. The van der Waals surface area contributed by atoms with E-state index in [0.29, 0.717) is 0 Å². The Morgan fingerprint density at radius 1 is 1.26 bits per heavy atom. The molecule has 19 heavy (non-hydrogen) atoms. The molecule has 0 saturated carbocycles. The van der Waals surface area contributed by atoms with E-state index in [1.54, 1.807) is 17.2 Å². The van der Waals surface area contributed by atoms with Gasteiger partial charge >= 0.3 is 0 Å². The number of hydrogen-bond donors (Lipinski definition) is 0. The van der Waals surface area contributed by atoms with Gasteiger partial charge in [0.1, 0.15) is 5.58 Å². The summed E-state index contributed by atoms with van der Waals surface area (Å²) in [6, 6.07) is 7.89. The van der Waals surface area contributed by atoms with Crippen LogP contribution in [0.25, 0.3) is 16.5 Å². The molecule has 0 spiro atoms. The van der Waals surface area contributed by atoms with Crippen LogP contribution in [0.5, 0.6) is 0 Å². The third-order valence-corrected chi connectivity index (χ3v) is 3.32. The molecule has 0 fully saturated rings. The van der Waals surface area contributed by atoms with Crippen molar-refractivity contribution in [2.75, 3.05) is 13.1 Å². The number of amides is 1. The number of nitrogens with zero attached hydrogens (tertiary/aromatic N) is 1. The second-order valence-corrected chi connectivity index (χ2v) is 4.48. The zero-order chi connectivity index (χ0) is 13.8. The lowest BCUT2D eigenvalue weighted by molar-refractivity contribution is -0.125. The standard InChI is InChI=1S/C16H19NO2/c1-4-17(5-2)15(18)11-12(3)14-8-6-7-13-9-10-19-16(13)14/h6-11H,4-5H2,1-3H3. The van der Waals surface area contributed by atoms with E-state index in [-0.39, 0.29) is 5.91 Å². The molecule has 1 heterocycles. The minimum atomic E-state index is 0.0473. The molecular weight excluding hydrogens is 238 g/mol. The van der Waals surface area contributed by atoms with Crippen molar-refractivity contribution in [2.24, 2.45) is 0 Å². The van der Waals surface area contributed by atoms with Gasteiger partial charge in [-0.25, -0.2) is 0 Å². The number of likely N-dealkylation sites (N-methyl/N-ethyl adjacent to an activating group) is 1. The molecular formula is C16H19NO2. The summed E-state index contributed by atoms with van der Waals surface area (Å²) in [5.41, 5.74) is 2.74. The van der Waals surface area contributed by atoms with Crippen molar-refractivity contribution in [1.82, 2.24) is 4.90 Å². The fraction of sp³-hybridized carbons (Fsp3) is 0.312. The first-order valence-corrected chi connectivity index (χ1v) is 6.61. The van der Waals surface area contributed by atoms with Crippen molar-refractivity contribution >= 4 is 22.4 Å². The molecule has 3 heteroatoms. The molecule has 0 bridgehead atoms. The number of fused-ring (bicyclic) bond motifs is 1. The van der Waals surface area contributed by atoms with Crippen LogP contribution in [0, 0.1) is 0 Å². The van der Waals surface area contributed by atoms with Gasteiger partial charge in [-0.2, -0.15) is 0 Å². The lowest BCUT2D eigenvalue weighted by Crippen LogP contribution is -2.28. The van der Waals surface area contributed by atoms with Crippen molar-refractivity contribution in [2.45, 2.75) is 20.8 Å². The van der Waals surface area contributed by atoms with E-state index in [4.69, 9.17) is 4.42 Å². The van der Waals surface area contributed by atoms with Gasteiger partial charge in [-0.15, -0.1) is 0 Å². The highest BCUT2D eigenvalue weighted by atomic mass is 16.3. The molecule has 0 aliphatic carbocycles. The maximum absolute atomic E-state index is 12.1. The quantitative estimate of drug-likeness (QED) is 0.782. The molecule has 0 radical (unpaired) electrons. The number of carbonyl (C=O) groups excluding carboxylic acids is 1. The SMILES string of the molecule is CCN(CC)C(=O)C=C(C)c1cccc2ccoc12. The summed E-state index contributed by atoms with van der Waals surface area (Å²) in [4.78, 5) is 13.9. The maximum Gasteiger partial charge on any atom is 0.246 e. The molecule has 2 aromatic rings. The van der Waals surface area contributed by atoms with E-state index in [0.717, 1.165) is 35.2 Å². The minimum Gasteiger partial charge on any atom is -0.464 e. The van der Waals surface area contributed by atoms with Gasteiger partial charge in [-0.1, -0.05) is 18.2 Å². The van der Waals surface area contributed by atoms with Crippen molar-refractivity contribution in [3.05, 3.63) is 42.2 Å². The molecule has 2 rings (SSSR count). The monoisotopic (exact) mass is 257 g/mol. The van der Waals surface area contributed by atoms with E-state index in [1.165, 1.54) is 0 Å². The smallest absolute Gasteiger partial charge is 0.246 e.